The molecular formula is C22H28Cl2N4O. The van der Waals surface area contributed by atoms with Crippen LogP contribution in [0.4, 0.5) is 0 Å². The van der Waals surface area contributed by atoms with Gasteiger partial charge in [-0.2, -0.15) is 5.10 Å². The highest BCUT2D eigenvalue weighted by Gasteiger charge is 2.29. The van der Waals surface area contributed by atoms with E-state index in [0.717, 1.165) is 86.4 Å². The number of hydrogen-bond acceptors (Lipinski definition) is 3. The zero-order valence-electron chi connectivity index (χ0n) is 16.7. The number of amides is 1. The molecule has 1 saturated heterocycles. The molecule has 5 nitrogen and oxygen atoms in total. The third-order valence-electron chi connectivity index (χ3n) is 5.85. The minimum atomic E-state index is -0.0833. The van der Waals surface area contributed by atoms with Crippen LogP contribution in [0.2, 0.25) is 5.02 Å². The van der Waals surface area contributed by atoms with Crippen molar-refractivity contribution in [3.05, 3.63) is 40.0 Å². The van der Waals surface area contributed by atoms with Gasteiger partial charge in [-0.15, -0.1) is 11.6 Å². The Kier molecular flexibility index (Phi) is 6.78. The van der Waals surface area contributed by atoms with E-state index >= 15 is 0 Å². The molecule has 0 bridgehead atoms. The van der Waals surface area contributed by atoms with E-state index < -0.39 is 0 Å². The van der Waals surface area contributed by atoms with Gasteiger partial charge >= 0.3 is 0 Å². The van der Waals surface area contributed by atoms with Gasteiger partial charge in [-0.25, -0.2) is 5.01 Å². The van der Waals surface area contributed by atoms with Crippen molar-refractivity contribution < 1.29 is 4.79 Å². The number of benzene rings is 1. The summed E-state index contributed by atoms with van der Waals surface area (Å²) in [5, 5.41) is 7.58. The lowest BCUT2D eigenvalue weighted by atomic mass is 9.88. The van der Waals surface area contributed by atoms with E-state index in [1.165, 1.54) is 12.0 Å². The first-order valence-electron chi connectivity index (χ1n) is 10.7. The molecule has 4 rings (SSSR count). The highest BCUT2D eigenvalue weighted by Crippen LogP contribution is 2.37. The van der Waals surface area contributed by atoms with Crippen molar-refractivity contribution in [2.75, 3.05) is 19.0 Å². The van der Waals surface area contributed by atoms with Crippen LogP contribution in [0.3, 0.4) is 0 Å². The smallest absolute Gasteiger partial charge is 0.283 e. The van der Waals surface area contributed by atoms with Crippen molar-refractivity contribution in [2.24, 2.45) is 0 Å². The maximum atomic E-state index is 13.1. The second kappa shape index (κ2) is 9.50. The number of nitrogens with one attached hydrogen (secondary N) is 1. The summed E-state index contributed by atoms with van der Waals surface area (Å²) in [5.74, 6) is 0.599. The summed E-state index contributed by atoms with van der Waals surface area (Å²) in [6.45, 7) is 2.61. The largest absolute Gasteiger partial charge is 0.286 e. The molecule has 0 spiro atoms. The van der Waals surface area contributed by atoms with Crippen LogP contribution in [0.5, 0.6) is 0 Å². The molecule has 0 atom stereocenters. The van der Waals surface area contributed by atoms with Gasteiger partial charge in [-0.1, -0.05) is 30.5 Å². The number of hydrazine groups is 1. The number of alkyl halides is 1. The first-order chi connectivity index (χ1) is 14.2. The Hall–Kier alpha value is -1.56. The average Bonchev–Trinajstić information content (AvgIpc) is 3.11. The highest BCUT2D eigenvalue weighted by molar-refractivity contribution is 6.30. The Labute approximate surface area is 182 Å². The molecule has 0 saturated carbocycles. The van der Waals surface area contributed by atoms with Crippen LogP contribution < -0.4 is 5.43 Å². The molecule has 2 aliphatic rings. The fourth-order valence-corrected chi connectivity index (χ4v) is 4.76. The molecule has 1 aromatic carbocycles. The highest BCUT2D eigenvalue weighted by atomic mass is 35.5. The second-order valence-corrected chi connectivity index (χ2v) is 8.75. The number of rotatable bonds is 7. The minimum absolute atomic E-state index is 0.0833. The zero-order chi connectivity index (χ0) is 20.2. The molecule has 2 heterocycles. The average molecular weight is 435 g/mol. The number of hydrogen-bond donors (Lipinski definition) is 1. The van der Waals surface area contributed by atoms with Crippen LogP contribution in [0.25, 0.3) is 11.3 Å². The molecule has 1 aliphatic carbocycles. The number of piperidine rings is 1. The maximum absolute atomic E-state index is 13.1. The molecule has 1 N–H and O–H groups in total. The predicted octanol–water partition coefficient (Wildman–Crippen LogP) is 4.84. The molecule has 0 radical (unpaired) electrons. The van der Waals surface area contributed by atoms with Crippen LogP contribution >= 0.6 is 23.2 Å². The van der Waals surface area contributed by atoms with E-state index in [2.05, 4.69) is 11.5 Å². The summed E-state index contributed by atoms with van der Waals surface area (Å²) >= 11 is 12.0. The van der Waals surface area contributed by atoms with Crippen molar-refractivity contribution in [2.45, 2.75) is 57.9 Å². The van der Waals surface area contributed by atoms with Crippen LogP contribution in [-0.2, 0) is 19.4 Å². The minimum Gasteiger partial charge on any atom is -0.283 e. The van der Waals surface area contributed by atoms with Crippen molar-refractivity contribution in [1.29, 1.82) is 0 Å². The number of nitrogens with zero attached hydrogens (tertiary/aromatic N) is 3. The number of fused-ring (bicyclic) bond motifs is 3. The number of halogens is 2. The first-order valence-corrected chi connectivity index (χ1v) is 11.6. The second-order valence-electron chi connectivity index (χ2n) is 7.94. The third kappa shape index (κ3) is 4.62. The quantitative estimate of drug-likeness (QED) is 0.500. The Morgan fingerprint density at radius 2 is 1.93 bits per heavy atom. The lowest BCUT2D eigenvalue weighted by Gasteiger charge is -2.26. The summed E-state index contributed by atoms with van der Waals surface area (Å²) in [7, 11) is 0. The van der Waals surface area contributed by atoms with Crippen LogP contribution in [0.15, 0.2) is 18.2 Å². The molecular weight excluding hydrogens is 407 g/mol. The van der Waals surface area contributed by atoms with Gasteiger partial charge in [0.05, 0.1) is 5.69 Å². The summed E-state index contributed by atoms with van der Waals surface area (Å²) in [5.41, 5.74) is 8.19. The molecule has 7 heteroatoms. The Balaban J connectivity index is 1.64. The van der Waals surface area contributed by atoms with Gasteiger partial charge in [0.15, 0.2) is 5.69 Å². The molecule has 1 amide bonds. The normalized spacial score (nSPS) is 16.3. The standard InChI is InChI=1S/C22H28Cl2N4O/c23-11-3-1-6-14-28-21-18-10-8-17(24)15-16(18)7-9-19(21)20(25-28)22(29)26-27-12-4-2-5-13-27/h8,10,15H,1-7,9,11-14H2,(H,26,29). The third-order valence-corrected chi connectivity index (χ3v) is 6.35. The van der Waals surface area contributed by atoms with E-state index in [-0.39, 0.29) is 5.91 Å². The van der Waals surface area contributed by atoms with E-state index in [9.17, 15) is 4.79 Å². The van der Waals surface area contributed by atoms with E-state index in [1.54, 1.807) is 0 Å². The Morgan fingerprint density at radius 1 is 1.10 bits per heavy atom. The first kappa shape index (κ1) is 20.7. The van der Waals surface area contributed by atoms with Crippen LogP contribution in [0, 0.1) is 0 Å². The number of unbranched alkanes of at least 4 members (excludes halogenated alkanes) is 2. The van der Waals surface area contributed by atoms with E-state index in [4.69, 9.17) is 28.3 Å². The lowest BCUT2D eigenvalue weighted by Crippen LogP contribution is -2.45. The van der Waals surface area contributed by atoms with E-state index in [0.29, 0.717) is 11.6 Å². The van der Waals surface area contributed by atoms with Gasteiger partial charge in [0, 0.05) is 41.7 Å². The summed E-state index contributed by atoms with van der Waals surface area (Å²) in [6.07, 6.45) is 8.23. The molecule has 0 unspecified atom stereocenters. The van der Waals surface area contributed by atoms with Gasteiger partial charge in [0.25, 0.3) is 5.91 Å². The predicted molar refractivity (Wildman–Crippen MR) is 118 cm³/mol. The number of carbonyl (C=O) groups is 1. The molecule has 1 fully saturated rings. The zero-order valence-corrected chi connectivity index (χ0v) is 18.2. The molecule has 29 heavy (non-hydrogen) atoms. The van der Waals surface area contributed by atoms with Gasteiger partial charge in [0.2, 0.25) is 0 Å². The van der Waals surface area contributed by atoms with E-state index in [1.807, 2.05) is 21.8 Å². The fraction of sp³-hybridized carbons (Fsp3) is 0.545. The molecule has 1 aromatic heterocycles. The van der Waals surface area contributed by atoms with Crippen molar-refractivity contribution in [3.63, 3.8) is 0 Å². The van der Waals surface area contributed by atoms with Crippen molar-refractivity contribution in [3.8, 4) is 11.3 Å². The number of carbonyl (C=O) groups excluding carboxylic acids is 1. The summed E-state index contributed by atoms with van der Waals surface area (Å²) in [6, 6.07) is 6.03. The Bertz CT molecular complexity index is 874. The van der Waals surface area contributed by atoms with Crippen LogP contribution in [-0.4, -0.2) is 39.7 Å². The fourth-order valence-electron chi connectivity index (χ4n) is 4.38. The maximum Gasteiger partial charge on any atom is 0.286 e. The SMILES string of the molecule is O=C(NN1CCCCC1)c1nn(CCCCCCl)c2c1CCc1cc(Cl)ccc1-2. The summed E-state index contributed by atoms with van der Waals surface area (Å²) < 4.78 is 2.03. The topological polar surface area (TPSA) is 50.2 Å². The van der Waals surface area contributed by atoms with Crippen molar-refractivity contribution >= 4 is 29.1 Å². The lowest BCUT2D eigenvalue weighted by molar-refractivity contribution is 0.0743. The Morgan fingerprint density at radius 3 is 2.72 bits per heavy atom. The van der Waals surface area contributed by atoms with Crippen LogP contribution in [0.1, 0.15) is 60.1 Å². The summed E-state index contributed by atoms with van der Waals surface area (Å²) in [4.78, 5) is 13.1. The van der Waals surface area contributed by atoms with Crippen molar-refractivity contribution in [1.82, 2.24) is 20.2 Å². The molecule has 1 aliphatic heterocycles. The molecule has 156 valence electrons. The monoisotopic (exact) mass is 434 g/mol. The van der Waals surface area contributed by atoms with Gasteiger partial charge in [-0.3, -0.25) is 14.9 Å². The van der Waals surface area contributed by atoms with Gasteiger partial charge in [-0.05, 0) is 56.2 Å². The van der Waals surface area contributed by atoms with Gasteiger partial charge in [0.1, 0.15) is 0 Å². The number of aromatic nitrogens is 2. The molecule has 2 aromatic rings. The number of aryl methyl sites for hydroxylation is 2. The van der Waals surface area contributed by atoms with Gasteiger partial charge < -0.3 is 0 Å².